The lowest BCUT2D eigenvalue weighted by Gasteiger charge is -2.09. The molecule has 0 heterocycles. The topological polar surface area (TPSA) is 17.1 Å². The molecule has 1 aromatic rings. The number of carbonyl (C=O) groups is 1. The van der Waals surface area contributed by atoms with E-state index in [4.69, 9.17) is 0 Å². The maximum Gasteiger partial charge on any atom is 0.155 e. The highest BCUT2D eigenvalue weighted by Gasteiger charge is 2.08. The maximum atomic E-state index is 11.3. The molecule has 0 spiro atoms. The molecule has 0 N–H and O–H groups in total. The molecule has 1 nitrogen and oxygen atoms in total. The van der Waals surface area contributed by atoms with Gasteiger partial charge in [0.1, 0.15) is 0 Å². The van der Waals surface area contributed by atoms with Gasteiger partial charge in [-0.2, -0.15) is 0 Å². The monoisotopic (exact) mass is 212 g/mol. The van der Waals surface area contributed by atoms with E-state index in [2.05, 4.69) is 25.1 Å². The first-order valence-corrected chi connectivity index (χ1v) is 5.73. The summed E-state index contributed by atoms with van der Waals surface area (Å²) in [5.74, 6) is 0.262. The van der Waals surface area contributed by atoms with Crippen LogP contribution in [0.1, 0.15) is 31.7 Å². The van der Waals surface area contributed by atoms with Gasteiger partial charge in [0.2, 0.25) is 0 Å². The minimum atomic E-state index is 0.262. The second-order valence-electron chi connectivity index (χ2n) is 4.23. The largest absolute Gasteiger partial charge is 0.295 e. The average Bonchev–Trinajstić information content (AvgIpc) is 2.30. The molecule has 0 amide bonds. The Morgan fingerprint density at radius 3 is 2.62 bits per heavy atom. The van der Waals surface area contributed by atoms with Crippen LogP contribution in [-0.4, -0.2) is 5.78 Å². The lowest BCUT2D eigenvalue weighted by Crippen LogP contribution is -2.01. The lowest BCUT2D eigenvalue weighted by atomic mass is 9.95. The summed E-state index contributed by atoms with van der Waals surface area (Å²) in [5, 5.41) is 0. The number of allylic oxidation sites excluding steroid dienone is 4. The fourth-order valence-corrected chi connectivity index (χ4v) is 1.99. The third-order valence-corrected chi connectivity index (χ3v) is 2.87. The van der Waals surface area contributed by atoms with Crippen molar-refractivity contribution in [2.45, 2.75) is 26.2 Å². The Morgan fingerprint density at radius 1 is 1.19 bits per heavy atom. The number of carbonyl (C=O) groups excluding carboxylic acids is 1. The Bertz CT molecular complexity index is 438. The normalized spacial score (nSPS) is 17.2. The summed E-state index contributed by atoms with van der Waals surface area (Å²) in [6, 6.07) is 10.3. The summed E-state index contributed by atoms with van der Waals surface area (Å²) in [5.41, 5.74) is 3.61. The Hall–Kier alpha value is -1.63. The number of ketones is 1. The van der Waals surface area contributed by atoms with Gasteiger partial charge in [0.05, 0.1) is 0 Å². The molecule has 1 aliphatic carbocycles. The lowest BCUT2D eigenvalue weighted by molar-refractivity contribution is -0.115. The van der Waals surface area contributed by atoms with Crippen molar-refractivity contribution < 1.29 is 4.79 Å². The van der Waals surface area contributed by atoms with Crippen molar-refractivity contribution in [2.75, 3.05) is 0 Å². The highest BCUT2D eigenvalue weighted by molar-refractivity contribution is 5.92. The first-order valence-electron chi connectivity index (χ1n) is 5.73. The van der Waals surface area contributed by atoms with Crippen molar-refractivity contribution in [1.82, 2.24) is 0 Å². The van der Waals surface area contributed by atoms with Crippen molar-refractivity contribution >= 4 is 11.4 Å². The highest BCUT2D eigenvalue weighted by Crippen LogP contribution is 2.21. The Morgan fingerprint density at radius 2 is 1.94 bits per heavy atom. The summed E-state index contributed by atoms with van der Waals surface area (Å²) in [4.78, 5) is 11.3. The molecular formula is C15H16O. The summed E-state index contributed by atoms with van der Waals surface area (Å²) >= 11 is 0. The minimum absolute atomic E-state index is 0.262. The number of hydrogen-bond donors (Lipinski definition) is 0. The van der Waals surface area contributed by atoms with Gasteiger partial charge >= 0.3 is 0 Å². The maximum absolute atomic E-state index is 11.3. The van der Waals surface area contributed by atoms with Crippen LogP contribution < -0.4 is 0 Å². The van der Waals surface area contributed by atoms with Crippen LogP contribution in [0.25, 0.3) is 5.57 Å². The van der Waals surface area contributed by atoms with Gasteiger partial charge in [-0.05, 0) is 42.6 Å². The van der Waals surface area contributed by atoms with Crippen LogP contribution in [0.5, 0.6) is 0 Å². The molecule has 2 rings (SSSR count). The average molecular weight is 212 g/mol. The second kappa shape index (κ2) is 4.93. The molecule has 0 saturated carbocycles. The van der Waals surface area contributed by atoms with Crippen LogP contribution >= 0.6 is 0 Å². The third kappa shape index (κ3) is 2.69. The standard InChI is InChI=1S/C15H16O/c1-12(14-7-3-2-4-8-14)10-13-6-5-9-15(16)11-13/h2-4,7-8,10-11H,5-6,9H2,1H3/b12-10+. The summed E-state index contributed by atoms with van der Waals surface area (Å²) in [6.07, 6.45) is 6.64. The molecule has 0 bridgehead atoms. The zero-order valence-corrected chi connectivity index (χ0v) is 9.57. The quantitative estimate of drug-likeness (QED) is 0.729. The molecule has 82 valence electrons. The van der Waals surface area contributed by atoms with Crippen LogP contribution in [0.3, 0.4) is 0 Å². The van der Waals surface area contributed by atoms with E-state index in [0.717, 1.165) is 18.4 Å². The molecule has 16 heavy (non-hydrogen) atoms. The van der Waals surface area contributed by atoms with Crippen molar-refractivity contribution in [2.24, 2.45) is 0 Å². The van der Waals surface area contributed by atoms with E-state index in [1.165, 1.54) is 11.1 Å². The van der Waals surface area contributed by atoms with Gasteiger partial charge < -0.3 is 0 Å². The SMILES string of the molecule is C/C(=C\C1=CC(=O)CCC1)c1ccccc1. The van der Waals surface area contributed by atoms with Crippen molar-refractivity contribution in [3.05, 3.63) is 53.6 Å². The highest BCUT2D eigenvalue weighted by atomic mass is 16.1. The second-order valence-corrected chi connectivity index (χ2v) is 4.23. The van der Waals surface area contributed by atoms with Gasteiger partial charge in [-0.25, -0.2) is 0 Å². The molecule has 1 heteroatoms. The minimum Gasteiger partial charge on any atom is -0.295 e. The summed E-state index contributed by atoms with van der Waals surface area (Å²) in [7, 11) is 0. The van der Waals surface area contributed by atoms with Gasteiger partial charge in [-0.3, -0.25) is 4.79 Å². The molecule has 1 aromatic carbocycles. The third-order valence-electron chi connectivity index (χ3n) is 2.87. The van der Waals surface area contributed by atoms with E-state index in [1.807, 2.05) is 18.2 Å². The number of benzene rings is 1. The van der Waals surface area contributed by atoms with Gasteiger partial charge in [0, 0.05) is 6.42 Å². The Balaban J connectivity index is 2.21. The van der Waals surface area contributed by atoms with Gasteiger partial charge in [0.15, 0.2) is 5.78 Å². The van der Waals surface area contributed by atoms with E-state index in [0.29, 0.717) is 6.42 Å². The van der Waals surface area contributed by atoms with Gasteiger partial charge in [0.25, 0.3) is 0 Å². The Kier molecular flexibility index (Phi) is 3.35. The first kappa shape index (κ1) is 10.9. The van der Waals surface area contributed by atoms with Gasteiger partial charge in [-0.1, -0.05) is 36.4 Å². The molecule has 0 aliphatic heterocycles. The van der Waals surface area contributed by atoms with Crippen molar-refractivity contribution in [3.8, 4) is 0 Å². The van der Waals surface area contributed by atoms with E-state index >= 15 is 0 Å². The van der Waals surface area contributed by atoms with Crippen LogP contribution in [-0.2, 0) is 4.79 Å². The first-order chi connectivity index (χ1) is 7.75. The molecule has 0 saturated heterocycles. The van der Waals surface area contributed by atoms with E-state index in [9.17, 15) is 4.79 Å². The Labute approximate surface area is 96.5 Å². The van der Waals surface area contributed by atoms with Crippen LogP contribution in [0.4, 0.5) is 0 Å². The van der Waals surface area contributed by atoms with E-state index in [1.54, 1.807) is 6.08 Å². The van der Waals surface area contributed by atoms with Crippen molar-refractivity contribution in [1.29, 1.82) is 0 Å². The number of rotatable bonds is 2. The van der Waals surface area contributed by atoms with E-state index < -0.39 is 0 Å². The smallest absolute Gasteiger partial charge is 0.155 e. The molecule has 0 aromatic heterocycles. The summed E-state index contributed by atoms with van der Waals surface area (Å²) in [6.45, 7) is 2.09. The fraction of sp³-hybridized carbons (Fsp3) is 0.267. The van der Waals surface area contributed by atoms with Crippen LogP contribution in [0.2, 0.25) is 0 Å². The van der Waals surface area contributed by atoms with E-state index in [-0.39, 0.29) is 5.78 Å². The summed E-state index contributed by atoms with van der Waals surface area (Å²) < 4.78 is 0. The predicted octanol–water partition coefficient (Wildman–Crippen LogP) is 3.77. The zero-order chi connectivity index (χ0) is 11.4. The van der Waals surface area contributed by atoms with Crippen molar-refractivity contribution in [3.63, 3.8) is 0 Å². The zero-order valence-electron chi connectivity index (χ0n) is 9.57. The molecule has 0 radical (unpaired) electrons. The predicted molar refractivity (Wildman–Crippen MR) is 67.0 cm³/mol. The molecule has 0 atom stereocenters. The van der Waals surface area contributed by atoms with Gasteiger partial charge in [-0.15, -0.1) is 0 Å². The molecular weight excluding hydrogens is 196 g/mol. The fourth-order valence-electron chi connectivity index (χ4n) is 1.99. The van der Waals surface area contributed by atoms with Crippen LogP contribution in [0, 0.1) is 0 Å². The number of hydrogen-bond acceptors (Lipinski definition) is 1. The molecule has 0 unspecified atom stereocenters. The molecule has 0 fully saturated rings. The molecule has 1 aliphatic rings. The van der Waals surface area contributed by atoms with Crippen LogP contribution in [0.15, 0.2) is 48.1 Å².